The maximum absolute atomic E-state index is 13.3. The van der Waals surface area contributed by atoms with E-state index in [0.29, 0.717) is 48.3 Å². The first kappa shape index (κ1) is 20.0. The largest absolute Gasteiger partial charge is 0.444 e. The third kappa shape index (κ3) is 3.79. The van der Waals surface area contributed by atoms with E-state index < -0.39 is 5.60 Å². The van der Waals surface area contributed by atoms with E-state index >= 15 is 0 Å². The standard InChI is InChI=1S/C21H27N3O4/c1-13-17(16-12-22-8-11-24(16)18(13)14(2)25)19(26)15-6-9-23(10-7-15)20(27)28-21(3,4)5/h8,11-12,15H,6-7,9-10H2,1-5H3. The summed E-state index contributed by atoms with van der Waals surface area (Å²) in [6.07, 6.45) is 5.75. The number of likely N-dealkylation sites (tertiary alicyclic amines) is 1. The highest BCUT2D eigenvalue weighted by Crippen LogP contribution is 2.30. The molecule has 2 aromatic rings. The van der Waals surface area contributed by atoms with Crippen LogP contribution in [-0.2, 0) is 4.74 Å². The van der Waals surface area contributed by atoms with Gasteiger partial charge >= 0.3 is 6.09 Å². The van der Waals surface area contributed by atoms with E-state index in [9.17, 15) is 14.4 Å². The first-order valence-electron chi connectivity index (χ1n) is 9.58. The van der Waals surface area contributed by atoms with Gasteiger partial charge < -0.3 is 14.0 Å². The number of carbonyl (C=O) groups is 3. The number of ketones is 2. The highest BCUT2D eigenvalue weighted by Gasteiger charge is 2.33. The average molecular weight is 385 g/mol. The molecule has 0 atom stereocenters. The predicted molar refractivity (Wildman–Crippen MR) is 105 cm³/mol. The molecule has 0 aliphatic carbocycles. The Bertz CT molecular complexity index is 931. The molecule has 28 heavy (non-hydrogen) atoms. The molecule has 0 saturated carbocycles. The van der Waals surface area contributed by atoms with Gasteiger partial charge in [-0.05, 0) is 46.1 Å². The van der Waals surface area contributed by atoms with E-state index in [1.165, 1.54) is 6.92 Å². The lowest BCUT2D eigenvalue weighted by Crippen LogP contribution is -2.43. The van der Waals surface area contributed by atoms with Crippen molar-refractivity contribution in [3.8, 4) is 0 Å². The van der Waals surface area contributed by atoms with E-state index in [0.717, 1.165) is 0 Å². The fraction of sp³-hybridized carbons (Fsp3) is 0.524. The van der Waals surface area contributed by atoms with E-state index in [4.69, 9.17) is 4.74 Å². The van der Waals surface area contributed by atoms with Crippen LogP contribution in [0.5, 0.6) is 0 Å². The lowest BCUT2D eigenvalue weighted by Gasteiger charge is -2.33. The van der Waals surface area contributed by atoms with Crippen LogP contribution in [0.25, 0.3) is 5.52 Å². The van der Waals surface area contributed by atoms with Crippen molar-refractivity contribution in [2.45, 2.75) is 53.1 Å². The summed E-state index contributed by atoms with van der Waals surface area (Å²) >= 11 is 0. The highest BCUT2D eigenvalue weighted by atomic mass is 16.6. The molecule has 150 valence electrons. The SMILES string of the molecule is CC(=O)c1c(C)c(C(=O)C2CCN(C(=O)OC(C)(C)C)CC2)c2cnccn12. The van der Waals surface area contributed by atoms with Crippen LogP contribution >= 0.6 is 0 Å². The number of hydrogen-bond donors (Lipinski definition) is 0. The molecule has 0 N–H and O–H groups in total. The monoisotopic (exact) mass is 385 g/mol. The van der Waals surface area contributed by atoms with Gasteiger partial charge in [-0.1, -0.05) is 0 Å². The van der Waals surface area contributed by atoms with Gasteiger partial charge in [0.05, 0.1) is 17.4 Å². The summed E-state index contributed by atoms with van der Waals surface area (Å²) in [5.74, 6) is -0.263. The second kappa shape index (κ2) is 7.37. The molecule has 1 amide bonds. The van der Waals surface area contributed by atoms with E-state index in [1.807, 2.05) is 27.7 Å². The van der Waals surface area contributed by atoms with Crippen LogP contribution in [0.15, 0.2) is 18.6 Å². The summed E-state index contributed by atoms with van der Waals surface area (Å²) in [7, 11) is 0. The Morgan fingerprint density at radius 1 is 1.18 bits per heavy atom. The summed E-state index contributed by atoms with van der Waals surface area (Å²) in [6, 6.07) is 0. The van der Waals surface area contributed by atoms with Crippen LogP contribution in [0.3, 0.4) is 0 Å². The van der Waals surface area contributed by atoms with Crippen LogP contribution in [0.4, 0.5) is 4.79 Å². The number of carbonyl (C=O) groups excluding carboxylic acids is 3. The van der Waals surface area contributed by atoms with Crippen molar-refractivity contribution < 1.29 is 19.1 Å². The minimum Gasteiger partial charge on any atom is -0.444 e. The molecule has 0 radical (unpaired) electrons. The van der Waals surface area contributed by atoms with Gasteiger partial charge in [0.25, 0.3) is 0 Å². The van der Waals surface area contributed by atoms with Crippen molar-refractivity contribution in [3.05, 3.63) is 35.4 Å². The third-order valence-corrected chi connectivity index (χ3v) is 5.08. The number of fused-ring (bicyclic) bond motifs is 1. The fourth-order valence-electron chi connectivity index (χ4n) is 3.83. The molecule has 1 fully saturated rings. The molecular weight excluding hydrogens is 358 g/mol. The van der Waals surface area contributed by atoms with Gasteiger partial charge in [-0.3, -0.25) is 14.6 Å². The number of Topliss-reactive ketones (excluding diaryl/α,β-unsaturated/α-hetero) is 2. The maximum Gasteiger partial charge on any atom is 0.410 e. The number of rotatable bonds is 3. The minimum atomic E-state index is -0.539. The summed E-state index contributed by atoms with van der Waals surface area (Å²) in [5, 5.41) is 0. The summed E-state index contributed by atoms with van der Waals surface area (Å²) < 4.78 is 7.16. The molecule has 7 nitrogen and oxygen atoms in total. The molecule has 7 heteroatoms. The van der Waals surface area contributed by atoms with Crippen LogP contribution < -0.4 is 0 Å². The maximum atomic E-state index is 13.3. The van der Waals surface area contributed by atoms with Crippen molar-refractivity contribution in [3.63, 3.8) is 0 Å². The first-order chi connectivity index (χ1) is 13.1. The van der Waals surface area contributed by atoms with Gasteiger partial charge in [0.15, 0.2) is 11.6 Å². The first-order valence-corrected chi connectivity index (χ1v) is 9.58. The van der Waals surface area contributed by atoms with Gasteiger partial charge in [0.2, 0.25) is 0 Å². The second-order valence-corrected chi connectivity index (χ2v) is 8.34. The molecule has 0 aromatic carbocycles. The molecule has 0 unspecified atom stereocenters. The van der Waals surface area contributed by atoms with E-state index in [2.05, 4.69) is 4.98 Å². The van der Waals surface area contributed by atoms with Crippen LogP contribution in [-0.4, -0.2) is 50.6 Å². The number of nitrogens with zero attached hydrogens (tertiary/aromatic N) is 3. The Morgan fingerprint density at radius 2 is 1.82 bits per heavy atom. The normalized spacial score (nSPS) is 15.7. The Balaban J connectivity index is 1.81. The molecule has 0 spiro atoms. The molecule has 0 bridgehead atoms. The van der Waals surface area contributed by atoms with Gasteiger partial charge in [-0.2, -0.15) is 0 Å². The molecule has 2 aromatic heterocycles. The van der Waals surface area contributed by atoms with Crippen molar-refractivity contribution >= 4 is 23.2 Å². The molecule has 3 heterocycles. The Hall–Kier alpha value is -2.70. The lowest BCUT2D eigenvalue weighted by atomic mass is 9.87. The summed E-state index contributed by atoms with van der Waals surface area (Å²) in [6.45, 7) is 9.78. The predicted octanol–water partition coefficient (Wildman–Crippen LogP) is 3.68. The van der Waals surface area contributed by atoms with Gasteiger partial charge in [-0.25, -0.2) is 4.79 Å². The quantitative estimate of drug-likeness (QED) is 0.753. The van der Waals surface area contributed by atoms with E-state index in [-0.39, 0.29) is 23.6 Å². The van der Waals surface area contributed by atoms with E-state index in [1.54, 1.807) is 27.9 Å². The Morgan fingerprint density at radius 3 is 2.39 bits per heavy atom. The number of hydrogen-bond acceptors (Lipinski definition) is 5. The molecule has 1 aliphatic rings. The number of aromatic nitrogens is 2. The number of piperidine rings is 1. The van der Waals surface area contributed by atoms with Crippen LogP contribution in [0, 0.1) is 12.8 Å². The third-order valence-electron chi connectivity index (χ3n) is 5.08. The van der Waals surface area contributed by atoms with Gasteiger partial charge in [0, 0.05) is 43.9 Å². The van der Waals surface area contributed by atoms with Gasteiger partial charge in [-0.15, -0.1) is 0 Å². The van der Waals surface area contributed by atoms with Crippen LogP contribution in [0.2, 0.25) is 0 Å². The van der Waals surface area contributed by atoms with Crippen molar-refractivity contribution in [1.29, 1.82) is 0 Å². The second-order valence-electron chi connectivity index (χ2n) is 8.34. The number of ether oxygens (including phenoxy) is 1. The van der Waals surface area contributed by atoms with Gasteiger partial charge in [0.1, 0.15) is 5.60 Å². The number of amides is 1. The zero-order chi connectivity index (χ0) is 20.6. The zero-order valence-corrected chi connectivity index (χ0v) is 17.1. The summed E-state index contributed by atoms with van der Waals surface area (Å²) in [5.41, 5.74) is 1.90. The van der Waals surface area contributed by atoms with Crippen molar-refractivity contribution in [2.24, 2.45) is 5.92 Å². The van der Waals surface area contributed by atoms with Crippen molar-refractivity contribution in [2.75, 3.05) is 13.1 Å². The minimum absolute atomic E-state index is 0.0133. The highest BCUT2D eigenvalue weighted by molar-refractivity contribution is 6.09. The molecule has 3 rings (SSSR count). The topological polar surface area (TPSA) is 81.0 Å². The smallest absolute Gasteiger partial charge is 0.410 e. The Kier molecular flexibility index (Phi) is 5.28. The Labute approximate surface area is 164 Å². The average Bonchev–Trinajstić information content (AvgIpc) is 2.91. The fourth-order valence-corrected chi connectivity index (χ4v) is 3.83. The molecule has 1 saturated heterocycles. The zero-order valence-electron chi connectivity index (χ0n) is 17.1. The van der Waals surface area contributed by atoms with Crippen LogP contribution in [0.1, 0.15) is 66.9 Å². The molecular formula is C21H27N3O4. The summed E-state index contributed by atoms with van der Waals surface area (Å²) in [4.78, 5) is 43.4. The van der Waals surface area contributed by atoms with Crippen molar-refractivity contribution in [1.82, 2.24) is 14.3 Å². The molecule has 1 aliphatic heterocycles. The lowest BCUT2D eigenvalue weighted by molar-refractivity contribution is 0.0182.